The van der Waals surface area contributed by atoms with Crippen molar-refractivity contribution in [3.8, 4) is 0 Å². The Morgan fingerprint density at radius 3 is 2.65 bits per heavy atom. The highest BCUT2D eigenvalue weighted by molar-refractivity contribution is 5.73. The molecule has 4 fully saturated rings. The molecule has 2 heterocycles. The number of aliphatic hydroxyl groups excluding tert-OH is 1. The first-order chi connectivity index (χ1) is 9.29. The number of piperidine rings is 2. The number of carbonyl (C=O) groups excluding carboxylic acids is 1. The van der Waals surface area contributed by atoms with E-state index >= 15 is 0 Å². The van der Waals surface area contributed by atoms with Crippen LogP contribution in [0.2, 0.25) is 0 Å². The Morgan fingerprint density at radius 1 is 1.45 bits per heavy atom. The van der Waals surface area contributed by atoms with E-state index in [1.807, 2.05) is 25.7 Å². The molecule has 0 aromatic heterocycles. The second kappa shape index (κ2) is 3.48. The summed E-state index contributed by atoms with van der Waals surface area (Å²) in [6.45, 7) is 6.35. The maximum absolute atomic E-state index is 12.3. The number of nitrogens with zero attached hydrogens (tertiary/aromatic N) is 1. The molecular weight excluding hydrogens is 260 g/mol. The van der Waals surface area contributed by atoms with Crippen molar-refractivity contribution in [2.75, 3.05) is 6.54 Å². The van der Waals surface area contributed by atoms with Gasteiger partial charge in [0, 0.05) is 24.0 Å². The van der Waals surface area contributed by atoms with Gasteiger partial charge in [0.05, 0.1) is 5.60 Å². The van der Waals surface area contributed by atoms with Gasteiger partial charge in [0.15, 0.2) is 0 Å². The quantitative estimate of drug-likeness (QED) is 0.687. The molecule has 5 unspecified atom stereocenters. The molecule has 0 aromatic carbocycles. The molecule has 5 atom stereocenters. The molecule has 0 aromatic rings. The molecule has 6 nitrogen and oxygen atoms in total. The summed E-state index contributed by atoms with van der Waals surface area (Å²) >= 11 is 0. The minimum absolute atomic E-state index is 0.0639. The Kier molecular flexibility index (Phi) is 2.24. The van der Waals surface area contributed by atoms with Crippen molar-refractivity contribution in [3.63, 3.8) is 0 Å². The van der Waals surface area contributed by atoms with Gasteiger partial charge >= 0.3 is 6.09 Å². The Balaban J connectivity index is 1.50. The molecule has 112 valence electrons. The summed E-state index contributed by atoms with van der Waals surface area (Å²) in [4.78, 5) is 14.2. The molecule has 2 saturated carbocycles. The molecule has 0 bridgehead atoms. The molecule has 4 rings (SSSR count). The smallest absolute Gasteiger partial charge is 0.410 e. The third-order valence-electron chi connectivity index (χ3n) is 5.57. The van der Waals surface area contributed by atoms with E-state index in [0.29, 0.717) is 6.54 Å². The molecule has 2 spiro atoms. The van der Waals surface area contributed by atoms with Gasteiger partial charge in [-0.05, 0) is 40.0 Å². The lowest BCUT2D eigenvalue weighted by Crippen LogP contribution is -2.92. The molecular formula is C14H22N2O4. The van der Waals surface area contributed by atoms with Gasteiger partial charge in [0.1, 0.15) is 5.60 Å². The SMILES string of the molecule is CC(C)(C)OC(=O)N1C2CCC23C1CC31CNC(O)O1. The Bertz CT molecular complexity index is 468. The highest BCUT2D eigenvalue weighted by atomic mass is 16.7. The van der Waals surface area contributed by atoms with E-state index in [1.54, 1.807) is 0 Å². The van der Waals surface area contributed by atoms with E-state index in [-0.39, 0.29) is 29.2 Å². The molecule has 0 radical (unpaired) electrons. The number of rotatable bonds is 0. The van der Waals surface area contributed by atoms with Crippen molar-refractivity contribution >= 4 is 6.09 Å². The third-order valence-corrected chi connectivity index (χ3v) is 5.57. The number of ether oxygens (including phenoxy) is 2. The zero-order chi connectivity index (χ0) is 14.3. The van der Waals surface area contributed by atoms with E-state index in [0.717, 1.165) is 19.3 Å². The van der Waals surface area contributed by atoms with Gasteiger partial charge in [0.25, 0.3) is 0 Å². The predicted molar refractivity (Wildman–Crippen MR) is 69.8 cm³/mol. The fourth-order valence-electron chi connectivity index (χ4n) is 4.74. The van der Waals surface area contributed by atoms with Gasteiger partial charge in [-0.1, -0.05) is 0 Å². The zero-order valence-corrected chi connectivity index (χ0v) is 12.2. The summed E-state index contributed by atoms with van der Waals surface area (Å²) in [5, 5.41) is 12.5. The van der Waals surface area contributed by atoms with Crippen molar-refractivity contribution in [2.45, 2.75) is 69.7 Å². The van der Waals surface area contributed by atoms with Crippen LogP contribution in [-0.2, 0) is 9.47 Å². The van der Waals surface area contributed by atoms with Gasteiger partial charge in [-0.15, -0.1) is 0 Å². The topological polar surface area (TPSA) is 71.0 Å². The van der Waals surface area contributed by atoms with Gasteiger partial charge in [-0.2, -0.15) is 0 Å². The summed E-state index contributed by atoms with van der Waals surface area (Å²) < 4.78 is 11.2. The van der Waals surface area contributed by atoms with Crippen LogP contribution < -0.4 is 5.32 Å². The summed E-state index contributed by atoms with van der Waals surface area (Å²) in [6.07, 6.45) is 1.83. The largest absolute Gasteiger partial charge is 0.444 e. The number of aliphatic hydroxyl groups is 1. The minimum atomic E-state index is -0.859. The van der Waals surface area contributed by atoms with E-state index in [2.05, 4.69) is 5.32 Å². The van der Waals surface area contributed by atoms with Crippen molar-refractivity contribution in [1.82, 2.24) is 10.2 Å². The van der Waals surface area contributed by atoms with Crippen LogP contribution in [0.25, 0.3) is 0 Å². The van der Waals surface area contributed by atoms with Gasteiger partial charge < -0.3 is 19.5 Å². The van der Waals surface area contributed by atoms with E-state index in [1.165, 1.54) is 0 Å². The van der Waals surface area contributed by atoms with Crippen molar-refractivity contribution in [2.24, 2.45) is 5.41 Å². The monoisotopic (exact) mass is 282 g/mol. The standard InChI is InChI=1S/C14H22N2O4/c1-12(2,3)20-11(18)16-8-4-5-14(8)9(16)6-13(14)7-15-10(17)19-13/h8-10,15,17H,4-7H2,1-3H3. The van der Waals surface area contributed by atoms with E-state index in [9.17, 15) is 9.90 Å². The number of amides is 1. The zero-order valence-electron chi connectivity index (χ0n) is 12.2. The molecule has 2 aliphatic carbocycles. The summed E-state index contributed by atoms with van der Waals surface area (Å²) in [5.41, 5.74) is -0.658. The van der Waals surface area contributed by atoms with Crippen molar-refractivity contribution in [1.29, 1.82) is 0 Å². The molecule has 2 N–H and O–H groups in total. The van der Waals surface area contributed by atoms with Crippen LogP contribution >= 0.6 is 0 Å². The van der Waals surface area contributed by atoms with Crippen LogP contribution in [0.1, 0.15) is 40.0 Å². The lowest BCUT2D eigenvalue weighted by molar-refractivity contribution is -0.369. The first-order valence-corrected chi connectivity index (χ1v) is 7.40. The first-order valence-electron chi connectivity index (χ1n) is 7.40. The van der Waals surface area contributed by atoms with Gasteiger partial charge in [-0.3, -0.25) is 5.32 Å². The number of hydrogen-bond acceptors (Lipinski definition) is 5. The van der Waals surface area contributed by atoms with Crippen LogP contribution in [0.4, 0.5) is 4.79 Å². The fraction of sp³-hybridized carbons (Fsp3) is 0.929. The molecule has 4 aliphatic rings. The molecule has 6 heteroatoms. The van der Waals surface area contributed by atoms with Crippen LogP contribution in [0.5, 0.6) is 0 Å². The number of carbonyl (C=O) groups is 1. The first kappa shape index (κ1) is 12.9. The van der Waals surface area contributed by atoms with Crippen LogP contribution in [-0.4, -0.2) is 52.3 Å². The van der Waals surface area contributed by atoms with Crippen LogP contribution in [0.15, 0.2) is 0 Å². The number of likely N-dealkylation sites (tertiary alicyclic amines) is 1. The van der Waals surface area contributed by atoms with E-state index < -0.39 is 12.0 Å². The Morgan fingerprint density at radius 2 is 2.20 bits per heavy atom. The predicted octanol–water partition coefficient (Wildman–Crippen LogP) is 0.793. The molecule has 1 amide bonds. The Labute approximate surface area is 118 Å². The lowest BCUT2D eigenvalue weighted by atomic mass is 9.36. The van der Waals surface area contributed by atoms with Gasteiger partial charge in [0.2, 0.25) is 6.41 Å². The number of hydrogen-bond donors (Lipinski definition) is 2. The van der Waals surface area contributed by atoms with Gasteiger partial charge in [-0.25, -0.2) is 4.79 Å². The molecule has 20 heavy (non-hydrogen) atoms. The summed E-state index contributed by atoms with van der Waals surface area (Å²) in [7, 11) is 0. The Hall–Kier alpha value is -0.850. The lowest BCUT2D eigenvalue weighted by Gasteiger charge is -2.81. The second-order valence-electron chi connectivity index (χ2n) is 7.55. The maximum Gasteiger partial charge on any atom is 0.410 e. The third kappa shape index (κ3) is 1.28. The average molecular weight is 282 g/mol. The minimum Gasteiger partial charge on any atom is -0.444 e. The normalized spacial score (nSPS) is 48.8. The highest BCUT2D eigenvalue weighted by Gasteiger charge is 2.84. The van der Waals surface area contributed by atoms with E-state index in [4.69, 9.17) is 9.47 Å². The maximum atomic E-state index is 12.3. The second-order valence-corrected chi connectivity index (χ2v) is 7.55. The number of nitrogens with one attached hydrogen (secondary N) is 1. The summed E-state index contributed by atoms with van der Waals surface area (Å²) in [5.74, 6) is 0. The molecule has 2 aliphatic heterocycles. The van der Waals surface area contributed by atoms with Crippen molar-refractivity contribution < 1.29 is 19.4 Å². The average Bonchev–Trinajstić information content (AvgIpc) is 2.63. The summed E-state index contributed by atoms with van der Waals surface area (Å²) in [6, 6.07) is 0.450. The van der Waals surface area contributed by atoms with Crippen LogP contribution in [0, 0.1) is 5.41 Å². The van der Waals surface area contributed by atoms with Crippen molar-refractivity contribution in [3.05, 3.63) is 0 Å². The van der Waals surface area contributed by atoms with Crippen LogP contribution in [0.3, 0.4) is 0 Å². The molecule has 2 saturated heterocycles. The fourth-order valence-corrected chi connectivity index (χ4v) is 4.74. The highest BCUT2D eigenvalue weighted by Crippen LogP contribution is 2.74.